The van der Waals surface area contributed by atoms with Crippen LogP contribution in [0.3, 0.4) is 0 Å². The molecule has 0 amide bonds. The van der Waals surface area contributed by atoms with E-state index in [1.165, 1.54) is 6.20 Å². The van der Waals surface area contributed by atoms with Crippen LogP contribution in [-0.4, -0.2) is 27.0 Å². The molecular formula is C13H25N3O2S. The Morgan fingerprint density at radius 1 is 1.32 bits per heavy atom. The number of nitrogens with one attached hydrogen (secondary N) is 3. The van der Waals surface area contributed by atoms with E-state index in [0.717, 1.165) is 25.0 Å². The fourth-order valence-electron chi connectivity index (χ4n) is 1.83. The maximum Gasteiger partial charge on any atom is 0.242 e. The zero-order chi connectivity index (χ0) is 14.3. The summed E-state index contributed by atoms with van der Waals surface area (Å²) in [6.45, 7) is 5.48. The van der Waals surface area contributed by atoms with Crippen molar-refractivity contribution in [2.24, 2.45) is 5.92 Å². The first kappa shape index (κ1) is 16.2. The Morgan fingerprint density at radius 3 is 2.68 bits per heavy atom. The summed E-state index contributed by atoms with van der Waals surface area (Å²) < 4.78 is 26.6. The molecule has 0 saturated carbocycles. The SMILES string of the molecule is CNCc1cc(S(=O)(=O)NCCCCC(C)C)c[nH]1. The summed E-state index contributed by atoms with van der Waals surface area (Å²) in [6, 6.07) is 1.66. The predicted octanol–water partition coefficient (Wildman–Crippen LogP) is 1.84. The maximum absolute atomic E-state index is 12.0. The van der Waals surface area contributed by atoms with Crippen molar-refractivity contribution < 1.29 is 8.42 Å². The van der Waals surface area contributed by atoms with Crippen LogP contribution in [-0.2, 0) is 16.6 Å². The van der Waals surface area contributed by atoms with Crippen molar-refractivity contribution in [1.29, 1.82) is 0 Å². The average Bonchev–Trinajstić information content (AvgIpc) is 2.78. The second kappa shape index (κ2) is 7.67. The maximum atomic E-state index is 12.0. The minimum absolute atomic E-state index is 0.307. The van der Waals surface area contributed by atoms with Gasteiger partial charge in [0.1, 0.15) is 0 Å². The highest BCUT2D eigenvalue weighted by atomic mass is 32.2. The molecule has 5 nitrogen and oxygen atoms in total. The van der Waals surface area contributed by atoms with Gasteiger partial charge in [-0.05, 0) is 25.5 Å². The molecule has 0 bridgehead atoms. The number of aromatic nitrogens is 1. The van der Waals surface area contributed by atoms with Gasteiger partial charge in [-0.25, -0.2) is 13.1 Å². The van der Waals surface area contributed by atoms with Crippen LogP contribution in [0.2, 0.25) is 0 Å². The lowest BCUT2D eigenvalue weighted by molar-refractivity contribution is 0.530. The molecule has 0 aliphatic rings. The van der Waals surface area contributed by atoms with Crippen molar-refractivity contribution in [3.8, 4) is 0 Å². The Labute approximate surface area is 116 Å². The van der Waals surface area contributed by atoms with E-state index in [2.05, 4.69) is 28.9 Å². The number of hydrogen-bond donors (Lipinski definition) is 3. The van der Waals surface area contributed by atoms with Crippen LogP contribution in [0.5, 0.6) is 0 Å². The number of rotatable bonds is 9. The molecule has 0 unspecified atom stereocenters. The Kier molecular flexibility index (Phi) is 6.54. The van der Waals surface area contributed by atoms with Gasteiger partial charge >= 0.3 is 0 Å². The minimum Gasteiger partial charge on any atom is -0.363 e. The van der Waals surface area contributed by atoms with E-state index in [1.807, 2.05) is 7.05 Å². The fraction of sp³-hybridized carbons (Fsp3) is 0.692. The van der Waals surface area contributed by atoms with Gasteiger partial charge in [-0.15, -0.1) is 0 Å². The van der Waals surface area contributed by atoms with E-state index in [-0.39, 0.29) is 0 Å². The third-order valence-corrected chi connectivity index (χ3v) is 4.33. The van der Waals surface area contributed by atoms with Crippen LogP contribution in [0.1, 0.15) is 38.8 Å². The Balaban J connectivity index is 2.42. The van der Waals surface area contributed by atoms with Crippen molar-refractivity contribution in [3.63, 3.8) is 0 Å². The Bertz CT molecular complexity index is 466. The number of hydrogen-bond acceptors (Lipinski definition) is 3. The summed E-state index contributed by atoms with van der Waals surface area (Å²) in [5.74, 6) is 0.672. The molecule has 6 heteroatoms. The molecule has 1 heterocycles. The third kappa shape index (κ3) is 5.76. The van der Waals surface area contributed by atoms with Crippen molar-refractivity contribution in [2.45, 2.75) is 44.6 Å². The van der Waals surface area contributed by atoms with E-state index in [4.69, 9.17) is 0 Å². The molecule has 1 aromatic rings. The molecule has 1 aromatic heterocycles. The van der Waals surface area contributed by atoms with Gasteiger partial charge < -0.3 is 10.3 Å². The predicted molar refractivity (Wildman–Crippen MR) is 77.4 cm³/mol. The first-order valence-electron chi connectivity index (χ1n) is 6.77. The molecule has 0 aliphatic heterocycles. The molecule has 1 rings (SSSR count). The zero-order valence-corrected chi connectivity index (χ0v) is 12.8. The van der Waals surface area contributed by atoms with Crippen molar-refractivity contribution in [3.05, 3.63) is 18.0 Å². The molecular weight excluding hydrogens is 262 g/mol. The van der Waals surface area contributed by atoms with Crippen LogP contribution in [0, 0.1) is 5.92 Å². The van der Waals surface area contributed by atoms with Gasteiger partial charge in [0.05, 0.1) is 4.90 Å². The van der Waals surface area contributed by atoms with Crippen molar-refractivity contribution >= 4 is 10.0 Å². The molecule has 0 atom stereocenters. The Hall–Kier alpha value is -0.850. The Morgan fingerprint density at radius 2 is 2.05 bits per heavy atom. The smallest absolute Gasteiger partial charge is 0.242 e. The molecule has 0 aromatic carbocycles. The van der Waals surface area contributed by atoms with Gasteiger partial charge in [0.25, 0.3) is 0 Å². The first-order chi connectivity index (χ1) is 8.95. The molecule has 19 heavy (non-hydrogen) atoms. The van der Waals surface area contributed by atoms with Crippen LogP contribution < -0.4 is 10.0 Å². The normalized spacial score (nSPS) is 12.2. The summed E-state index contributed by atoms with van der Waals surface area (Å²) >= 11 is 0. The highest BCUT2D eigenvalue weighted by Crippen LogP contribution is 2.11. The van der Waals surface area contributed by atoms with Gasteiger partial charge in [-0.1, -0.05) is 26.7 Å². The average molecular weight is 287 g/mol. The third-order valence-electron chi connectivity index (χ3n) is 2.89. The molecule has 0 fully saturated rings. The highest BCUT2D eigenvalue weighted by molar-refractivity contribution is 7.89. The monoisotopic (exact) mass is 287 g/mol. The lowest BCUT2D eigenvalue weighted by Crippen LogP contribution is -2.24. The highest BCUT2D eigenvalue weighted by Gasteiger charge is 2.14. The minimum atomic E-state index is -3.37. The molecule has 110 valence electrons. The lowest BCUT2D eigenvalue weighted by atomic mass is 10.1. The molecule has 3 N–H and O–H groups in total. The van der Waals surface area contributed by atoms with Gasteiger partial charge in [0.15, 0.2) is 0 Å². The van der Waals surface area contributed by atoms with Crippen LogP contribution in [0.4, 0.5) is 0 Å². The van der Waals surface area contributed by atoms with Gasteiger partial charge in [0.2, 0.25) is 10.0 Å². The summed E-state index contributed by atoms with van der Waals surface area (Å²) in [4.78, 5) is 3.25. The lowest BCUT2D eigenvalue weighted by Gasteiger charge is -2.06. The van der Waals surface area contributed by atoms with E-state index < -0.39 is 10.0 Å². The van der Waals surface area contributed by atoms with Crippen LogP contribution in [0.25, 0.3) is 0 Å². The topological polar surface area (TPSA) is 74.0 Å². The van der Waals surface area contributed by atoms with Gasteiger partial charge in [-0.2, -0.15) is 0 Å². The zero-order valence-electron chi connectivity index (χ0n) is 12.0. The summed E-state index contributed by atoms with van der Waals surface area (Å²) in [7, 11) is -1.55. The molecule has 0 radical (unpaired) electrons. The van der Waals surface area contributed by atoms with Gasteiger partial charge in [0, 0.05) is 25.0 Å². The second-order valence-electron chi connectivity index (χ2n) is 5.18. The summed E-state index contributed by atoms with van der Waals surface area (Å²) in [5.41, 5.74) is 0.864. The first-order valence-corrected chi connectivity index (χ1v) is 8.25. The molecule has 0 aliphatic carbocycles. The van der Waals surface area contributed by atoms with E-state index in [9.17, 15) is 8.42 Å². The quantitative estimate of drug-likeness (QED) is 0.607. The number of H-pyrrole nitrogens is 1. The summed E-state index contributed by atoms with van der Waals surface area (Å²) in [5, 5.41) is 2.97. The second-order valence-corrected chi connectivity index (χ2v) is 6.95. The van der Waals surface area contributed by atoms with Gasteiger partial charge in [-0.3, -0.25) is 0 Å². The standard InChI is InChI=1S/C13H25N3O2S/c1-11(2)6-4-5-7-16-19(17,18)13-8-12(9-14-3)15-10-13/h8,10-11,14-16H,4-7,9H2,1-3H3. The van der Waals surface area contributed by atoms with Crippen LogP contribution >= 0.6 is 0 Å². The van der Waals surface area contributed by atoms with Crippen molar-refractivity contribution in [1.82, 2.24) is 15.0 Å². The summed E-state index contributed by atoms with van der Waals surface area (Å²) in [6.07, 6.45) is 4.60. The van der Waals surface area contributed by atoms with E-state index in [0.29, 0.717) is 23.9 Å². The number of aromatic amines is 1. The van der Waals surface area contributed by atoms with E-state index >= 15 is 0 Å². The van der Waals surface area contributed by atoms with Crippen LogP contribution in [0.15, 0.2) is 17.2 Å². The molecule has 0 spiro atoms. The fourth-order valence-corrected chi connectivity index (χ4v) is 2.93. The number of sulfonamides is 1. The van der Waals surface area contributed by atoms with E-state index in [1.54, 1.807) is 6.07 Å². The molecule has 0 saturated heterocycles. The van der Waals surface area contributed by atoms with Crippen molar-refractivity contribution in [2.75, 3.05) is 13.6 Å². The largest absolute Gasteiger partial charge is 0.363 e. The number of unbranched alkanes of at least 4 members (excludes halogenated alkanes) is 1.